The zero-order valence-electron chi connectivity index (χ0n) is 14.3. The van der Waals surface area contributed by atoms with Crippen LogP contribution in [0.3, 0.4) is 0 Å². The number of rotatable bonds is 4. The maximum atomic E-state index is 5.19. The Morgan fingerprint density at radius 2 is 1.86 bits per heavy atom. The molecule has 0 unspecified atom stereocenters. The van der Waals surface area contributed by atoms with Gasteiger partial charge in [0.2, 0.25) is 0 Å². The van der Waals surface area contributed by atoms with Gasteiger partial charge in [0.15, 0.2) is 5.96 Å². The Balaban J connectivity index is 2.08. The van der Waals surface area contributed by atoms with Crippen LogP contribution in [0.1, 0.15) is 51.6 Å². The second kappa shape index (κ2) is 5.35. The lowest BCUT2D eigenvalue weighted by atomic mass is 10.0. The second-order valence-corrected chi connectivity index (χ2v) is 7.02. The number of nitrogens with zero attached hydrogens (tertiary/aromatic N) is 2. The van der Waals surface area contributed by atoms with Gasteiger partial charge < -0.3 is 15.2 Å². The normalized spacial score (nSPS) is 20.4. The lowest BCUT2D eigenvalue weighted by Gasteiger charge is -2.13. The molecule has 0 aliphatic heterocycles. The number of nitrogens with one attached hydrogen (secondary N) is 2. The highest BCUT2D eigenvalue weighted by atomic mass is 16.5. The fourth-order valence-electron chi connectivity index (χ4n) is 2.90. The van der Waals surface area contributed by atoms with E-state index in [4.69, 9.17) is 4.52 Å². The van der Waals surface area contributed by atoms with Crippen LogP contribution in [0.25, 0.3) is 0 Å². The maximum absolute atomic E-state index is 5.19. The molecule has 2 N–H and O–H groups in total. The lowest BCUT2D eigenvalue weighted by Crippen LogP contribution is -2.40. The molecule has 1 fully saturated rings. The summed E-state index contributed by atoms with van der Waals surface area (Å²) in [4.78, 5) is 4.68. The second-order valence-electron chi connectivity index (χ2n) is 7.02. The van der Waals surface area contributed by atoms with E-state index in [0.29, 0.717) is 12.6 Å². The summed E-state index contributed by atoms with van der Waals surface area (Å²) in [5.74, 6) is 1.71. The van der Waals surface area contributed by atoms with Crippen molar-refractivity contribution in [3.8, 4) is 0 Å². The quantitative estimate of drug-likeness (QED) is 0.661. The van der Waals surface area contributed by atoms with Crippen LogP contribution in [0.5, 0.6) is 0 Å². The molecule has 21 heavy (non-hydrogen) atoms. The van der Waals surface area contributed by atoms with Crippen LogP contribution in [-0.2, 0) is 6.54 Å². The molecule has 1 aliphatic rings. The van der Waals surface area contributed by atoms with E-state index in [-0.39, 0.29) is 10.8 Å². The average Bonchev–Trinajstić information content (AvgIpc) is 2.66. The smallest absolute Gasteiger partial charge is 0.191 e. The van der Waals surface area contributed by atoms with Gasteiger partial charge in [0, 0.05) is 18.2 Å². The summed E-state index contributed by atoms with van der Waals surface area (Å²) in [6.07, 6.45) is 0. The summed E-state index contributed by atoms with van der Waals surface area (Å²) in [5, 5.41) is 10.9. The highest BCUT2D eigenvalue weighted by Gasteiger charge is 2.65. The Morgan fingerprint density at radius 3 is 2.29 bits per heavy atom. The van der Waals surface area contributed by atoms with Gasteiger partial charge in [-0.05, 0) is 31.6 Å². The number of aryl methyl sites for hydroxylation is 2. The molecule has 0 aromatic carbocycles. The van der Waals surface area contributed by atoms with Gasteiger partial charge in [0.25, 0.3) is 0 Å². The van der Waals surface area contributed by atoms with Crippen molar-refractivity contribution in [3.63, 3.8) is 0 Å². The van der Waals surface area contributed by atoms with Crippen molar-refractivity contribution in [2.24, 2.45) is 15.8 Å². The maximum Gasteiger partial charge on any atom is 0.191 e. The molecular weight excluding hydrogens is 264 g/mol. The summed E-state index contributed by atoms with van der Waals surface area (Å²) in [7, 11) is 0. The Labute approximate surface area is 127 Å². The molecule has 0 spiro atoms. The Kier molecular flexibility index (Phi) is 4.04. The fourth-order valence-corrected chi connectivity index (χ4v) is 2.90. The number of aliphatic imine (C=N–C) groups is 1. The summed E-state index contributed by atoms with van der Waals surface area (Å²) in [6.45, 7) is 16.6. The van der Waals surface area contributed by atoms with E-state index < -0.39 is 0 Å². The van der Waals surface area contributed by atoms with Crippen LogP contribution in [-0.4, -0.2) is 23.7 Å². The predicted molar refractivity (Wildman–Crippen MR) is 85.3 cm³/mol. The first kappa shape index (κ1) is 15.9. The topological polar surface area (TPSA) is 62.5 Å². The van der Waals surface area contributed by atoms with E-state index >= 15 is 0 Å². The molecule has 0 amide bonds. The molecule has 5 nitrogen and oxygen atoms in total. The van der Waals surface area contributed by atoms with Crippen LogP contribution in [0.2, 0.25) is 0 Å². The number of hydrogen-bond acceptors (Lipinski definition) is 3. The van der Waals surface area contributed by atoms with E-state index in [9.17, 15) is 0 Å². The number of aromatic nitrogens is 1. The first-order valence-electron chi connectivity index (χ1n) is 7.68. The Hall–Kier alpha value is -1.52. The van der Waals surface area contributed by atoms with Gasteiger partial charge >= 0.3 is 0 Å². The zero-order valence-corrected chi connectivity index (χ0v) is 14.3. The third-order valence-electron chi connectivity index (χ3n) is 5.22. The van der Waals surface area contributed by atoms with Crippen molar-refractivity contribution >= 4 is 5.96 Å². The van der Waals surface area contributed by atoms with Gasteiger partial charge in [-0.25, -0.2) is 4.99 Å². The molecule has 2 rings (SSSR count). The molecule has 0 saturated heterocycles. The SMILES string of the molecule is CCNC(=NCc1c(C)noc1C)NC1C(C)(C)C1(C)C. The molecule has 118 valence electrons. The van der Waals surface area contributed by atoms with Crippen LogP contribution >= 0.6 is 0 Å². The molecule has 0 radical (unpaired) electrons. The Morgan fingerprint density at radius 1 is 1.24 bits per heavy atom. The fraction of sp³-hybridized carbons (Fsp3) is 0.750. The lowest BCUT2D eigenvalue weighted by molar-refractivity contribution is 0.392. The van der Waals surface area contributed by atoms with Gasteiger partial charge in [0.05, 0.1) is 12.2 Å². The zero-order chi connectivity index (χ0) is 15.8. The molecule has 1 heterocycles. The molecule has 1 aromatic heterocycles. The van der Waals surface area contributed by atoms with E-state index in [2.05, 4.69) is 55.4 Å². The van der Waals surface area contributed by atoms with Crippen molar-refractivity contribution in [2.75, 3.05) is 6.54 Å². The van der Waals surface area contributed by atoms with Crippen LogP contribution in [0.4, 0.5) is 0 Å². The standard InChI is InChI=1S/C16H28N4O/c1-8-17-14(19-13-15(4,5)16(13,6)7)18-9-12-10(2)20-21-11(12)3/h13H,8-9H2,1-7H3,(H2,17,18,19). The van der Waals surface area contributed by atoms with Crippen LogP contribution < -0.4 is 10.6 Å². The third-order valence-corrected chi connectivity index (χ3v) is 5.22. The molecule has 1 aliphatic carbocycles. The van der Waals surface area contributed by atoms with Gasteiger partial charge in [-0.2, -0.15) is 0 Å². The highest BCUT2D eigenvalue weighted by molar-refractivity contribution is 5.80. The molecule has 1 saturated carbocycles. The van der Waals surface area contributed by atoms with Crippen molar-refractivity contribution < 1.29 is 4.52 Å². The van der Waals surface area contributed by atoms with Crippen molar-refractivity contribution in [3.05, 3.63) is 17.0 Å². The van der Waals surface area contributed by atoms with Crippen LogP contribution in [0.15, 0.2) is 9.52 Å². The van der Waals surface area contributed by atoms with E-state index in [1.165, 1.54) is 0 Å². The van der Waals surface area contributed by atoms with E-state index in [1.807, 2.05) is 13.8 Å². The monoisotopic (exact) mass is 292 g/mol. The first-order valence-corrected chi connectivity index (χ1v) is 7.68. The third kappa shape index (κ3) is 2.78. The first-order chi connectivity index (χ1) is 9.71. The largest absolute Gasteiger partial charge is 0.361 e. The van der Waals surface area contributed by atoms with Gasteiger partial charge in [-0.15, -0.1) is 0 Å². The summed E-state index contributed by atoms with van der Waals surface area (Å²) in [6, 6.07) is 0.437. The minimum absolute atomic E-state index is 0.284. The summed E-state index contributed by atoms with van der Waals surface area (Å²) in [5.41, 5.74) is 2.55. The van der Waals surface area contributed by atoms with Gasteiger partial charge in [-0.1, -0.05) is 32.9 Å². The minimum atomic E-state index is 0.284. The molecule has 5 heteroatoms. The minimum Gasteiger partial charge on any atom is -0.361 e. The summed E-state index contributed by atoms with van der Waals surface area (Å²) >= 11 is 0. The van der Waals surface area contributed by atoms with Gasteiger partial charge in [-0.3, -0.25) is 0 Å². The van der Waals surface area contributed by atoms with Crippen molar-refractivity contribution in [1.82, 2.24) is 15.8 Å². The van der Waals surface area contributed by atoms with Gasteiger partial charge in [0.1, 0.15) is 5.76 Å². The summed E-state index contributed by atoms with van der Waals surface area (Å²) < 4.78 is 5.19. The van der Waals surface area contributed by atoms with E-state index in [0.717, 1.165) is 29.5 Å². The number of guanidine groups is 1. The predicted octanol–water partition coefficient (Wildman–Crippen LogP) is 2.78. The highest BCUT2D eigenvalue weighted by Crippen LogP contribution is 2.62. The average molecular weight is 292 g/mol. The Bertz CT molecular complexity index is 509. The molecule has 0 bridgehead atoms. The van der Waals surface area contributed by atoms with Crippen LogP contribution in [0, 0.1) is 24.7 Å². The molecule has 1 aromatic rings. The van der Waals surface area contributed by atoms with Crippen molar-refractivity contribution in [1.29, 1.82) is 0 Å². The number of hydrogen-bond donors (Lipinski definition) is 2. The molecule has 0 atom stereocenters. The van der Waals surface area contributed by atoms with E-state index in [1.54, 1.807) is 0 Å². The van der Waals surface area contributed by atoms with Crippen molar-refractivity contribution in [2.45, 2.75) is 61.1 Å². The molecular formula is C16H28N4O.